The number of halogens is 2. The van der Waals surface area contributed by atoms with E-state index in [0.29, 0.717) is 42.6 Å². The first-order valence-electron chi connectivity index (χ1n) is 12.7. The van der Waals surface area contributed by atoms with Gasteiger partial charge in [-0.2, -0.15) is 0 Å². The van der Waals surface area contributed by atoms with Crippen molar-refractivity contribution in [1.29, 1.82) is 0 Å². The topological polar surface area (TPSA) is 103 Å². The molecule has 10 heteroatoms. The summed E-state index contributed by atoms with van der Waals surface area (Å²) in [7, 11) is -3.08. The molecule has 2 unspecified atom stereocenters. The maximum atomic E-state index is 15.5. The third-order valence-corrected chi connectivity index (χ3v) is 8.69. The van der Waals surface area contributed by atoms with Crippen LogP contribution in [0, 0.1) is 29.9 Å². The predicted molar refractivity (Wildman–Crippen MR) is 141 cm³/mol. The van der Waals surface area contributed by atoms with Gasteiger partial charge in [0.15, 0.2) is 0 Å². The van der Waals surface area contributed by atoms with Crippen LogP contribution in [-0.2, 0) is 34.1 Å². The molecule has 0 saturated heterocycles. The zero-order valence-electron chi connectivity index (χ0n) is 21.7. The van der Waals surface area contributed by atoms with Crippen molar-refractivity contribution < 1.29 is 36.6 Å². The van der Waals surface area contributed by atoms with Crippen molar-refractivity contribution in [3.8, 4) is 22.8 Å². The lowest BCUT2D eigenvalue weighted by molar-refractivity contribution is -0.144. The second-order valence-electron chi connectivity index (χ2n) is 10.5. The average Bonchev–Trinajstić information content (AvgIpc) is 3.60. The van der Waals surface area contributed by atoms with Gasteiger partial charge in [0.25, 0.3) is 0 Å². The molecule has 1 aromatic heterocycles. The van der Waals surface area contributed by atoms with E-state index < -0.39 is 32.9 Å². The molecule has 0 radical (unpaired) electrons. The summed E-state index contributed by atoms with van der Waals surface area (Å²) in [5.41, 5.74) is 2.44. The lowest BCUT2D eigenvalue weighted by Crippen LogP contribution is -2.25. The Labute approximate surface area is 225 Å². The van der Waals surface area contributed by atoms with Crippen molar-refractivity contribution in [1.82, 2.24) is 4.98 Å². The van der Waals surface area contributed by atoms with Crippen LogP contribution in [0.1, 0.15) is 35.1 Å². The Bertz CT molecular complexity index is 1560. The van der Waals surface area contributed by atoms with Crippen molar-refractivity contribution >= 4 is 15.8 Å². The number of carboxylic acids is 1. The Morgan fingerprint density at radius 2 is 1.92 bits per heavy atom. The summed E-state index contributed by atoms with van der Waals surface area (Å²) in [5.74, 6) is -1.34. The first-order chi connectivity index (χ1) is 18.5. The van der Waals surface area contributed by atoms with Gasteiger partial charge in [0.1, 0.15) is 33.8 Å². The van der Waals surface area contributed by atoms with Crippen molar-refractivity contribution in [2.24, 2.45) is 11.3 Å². The smallest absolute Gasteiger partial charge is 0.310 e. The van der Waals surface area contributed by atoms with Gasteiger partial charge in [-0.3, -0.25) is 4.79 Å². The standard InChI is InChI=1S/C29H29F2NO6S/c1-17-10-26(37-8-3-9-39(2,35)36)32-15-23(17)22-6-7-25(30)24(27(22)31)16-38-21-5-4-18-13-29(28(33)34)14-20(29)11-19(18)12-21/h4-7,10,12,15,20H,3,8-9,11,13-14,16H2,1-2H3,(H,33,34). The zero-order valence-corrected chi connectivity index (χ0v) is 22.5. The van der Waals surface area contributed by atoms with Crippen LogP contribution in [0.2, 0.25) is 0 Å². The number of benzene rings is 2. The summed E-state index contributed by atoms with van der Waals surface area (Å²) >= 11 is 0. The molecule has 206 valence electrons. The van der Waals surface area contributed by atoms with Gasteiger partial charge in [-0.15, -0.1) is 0 Å². The Morgan fingerprint density at radius 3 is 2.64 bits per heavy atom. The van der Waals surface area contributed by atoms with Gasteiger partial charge in [-0.1, -0.05) is 6.07 Å². The van der Waals surface area contributed by atoms with E-state index in [1.807, 2.05) is 12.1 Å². The minimum absolute atomic E-state index is 0.00704. The van der Waals surface area contributed by atoms with Crippen molar-refractivity contribution in [2.45, 2.75) is 39.2 Å². The van der Waals surface area contributed by atoms with Gasteiger partial charge < -0.3 is 14.6 Å². The molecule has 1 fully saturated rings. The largest absolute Gasteiger partial charge is 0.489 e. The van der Waals surface area contributed by atoms with Gasteiger partial charge in [0.05, 0.1) is 23.3 Å². The van der Waals surface area contributed by atoms with E-state index in [1.165, 1.54) is 18.3 Å². The first kappa shape index (κ1) is 27.1. The molecule has 2 aliphatic carbocycles. The minimum atomic E-state index is -3.08. The summed E-state index contributed by atoms with van der Waals surface area (Å²) in [4.78, 5) is 15.8. The molecule has 0 bridgehead atoms. The van der Waals surface area contributed by atoms with Crippen molar-refractivity contribution in [3.63, 3.8) is 0 Å². The fourth-order valence-electron chi connectivity index (χ4n) is 5.34. The number of ether oxygens (including phenoxy) is 2. The molecule has 0 spiro atoms. The predicted octanol–water partition coefficient (Wildman–Crippen LogP) is 4.92. The van der Waals surface area contributed by atoms with Crippen LogP contribution >= 0.6 is 0 Å². The number of pyridine rings is 1. The van der Waals surface area contributed by atoms with E-state index in [2.05, 4.69) is 4.98 Å². The number of rotatable bonds is 10. The summed E-state index contributed by atoms with van der Waals surface area (Å²) < 4.78 is 64.0. The molecule has 1 saturated carbocycles. The molecule has 1 heterocycles. The minimum Gasteiger partial charge on any atom is -0.489 e. The molecule has 2 aromatic carbocycles. The third kappa shape index (κ3) is 5.61. The third-order valence-electron chi connectivity index (χ3n) is 7.66. The van der Waals surface area contributed by atoms with E-state index in [4.69, 9.17) is 9.47 Å². The number of hydrogen-bond acceptors (Lipinski definition) is 6. The van der Waals surface area contributed by atoms with Gasteiger partial charge >= 0.3 is 5.97 Å². The van der Waals surface area contributed by atoms with Crippen LogP contribution in [0.15, 0.2) is 42.6 Å². The molecule has 0 amide bonds. The van der Waals surface area contributed by atoms with E-state index in [-0.39, 0.29) is 41.9 Å². The Morgan fingerprint density at radius 1 is 1.13 bits per heavy atom. The summed E-state index contributed by atoms with van der Waals surface area (Å²) in [5, 5.41) is 9.56. The van der Waals surface area contributed by atoms with Crippen LogP contribution < -0.4 is 9.47 Å². The highest BCUT2D eigenvalue weighted by atomic mass is 32.2. The molecule has 5 rings (SSSR count). The molecule has 2 aliphatic rings. The summed E-state index contributed by atoms with van der Waals surface area (Å²) in [6, 6.07) is 9.56. The molecule has 3 aromatic rings. The molecule has 1 N–H and O–H groups in total. The van der Waals surface area contributed by atoms with Gasteiger partial charge in [-0.05, 0) is 79.5 Å². The van der Waals surface area contributed by atoms with Crippen LogP contribution in [0.4, 0.5) is 8.78 Å². The number of aromatic nitrogens is 1. The first-order valence-corrected chi connectivity index (χ1v) is 14.8. The molecular weight excluding hydrogens is 528 g/mol. The number of carbonyl (C=O) groups is 1. The van der Waals surface area contributed by atoms with Crippen LogP contribution in [-0.4, -0.2) is 43.1 Å². The maximum Gasteiger partial charge on any atom is 0.310 e. The number of aryl methyl sites for hydroxylation is 1. The van der Waals surface area contributed by atoms with Crippen molar-refractivity contribution in [3.05, 3.63) is 76.5 Å². The van der Waals surface area contributed by atoms with Crippen LogP contribution in [0.25, 0.3) is 11.1 Å². The maximum absolute atomic E-state index is 15.5. The molecule has 7 nitrogen and oxygen atoms in total. The number of sulfone groups is 1. The highest BCUT2D eigenvalue weighted by Gasteiger charge is 2.61. The average molecular weight is 558 g/mol. The second-order valence-corrected chi connectivity index (χ2v) is 12.8. The lowest BCUT2D eigenvalue weighted by atomic mass is 9.83. The molecule has 39 heavy (non-hydrogen) atoms. The van der Waals surface area contributed by atoms with E-state index in [9.17, 15) is 22.7 Å². The highest BCUT2D eigenvalue weighted by Crippen LogP contribution is 2.59. The number of nitrogens with zero attached hydrogens (tertiary/aromatic N) is 1. The van der Waals surface area contributed by atoms with Crippen LogP contribution in [0.3, 0.4) is 0 Å². The lowest BCUT2D eigenvalue weighted by Gasteiger charge is -2.22. The van der Waals surface area contributed by atoms with Crippen molar-refractivity contribution in [2.75, 3.05) is 18.6 Å². The Balaban J connectivity index is 1.28. The number of hydrogen-bond donors (Lipinski definition) is 1. The molecular formula is C29H29F2NO6S. The second kappa shape index (κ2) is 10.2. The number of fused-ring (bicyclic) bond motifs is 2. The number of aliphatic carboxylic acids is 1. The summed E-state index contributed by atoms with van der Waals surface area (Å²) in [6.07, 6.45) is 4.74. The SMILES string of the molecule is Cc1cc(OCCCS(C)(=O)=O)ncc1-c1ccc(F)c(COc2ccc3c(c2)CC2CC2(C(=O)O)C3)c1F. The number of carboxylic acid groups (broad SMARTS) is 1. The fourth-order valence-corrected chi connectivity index (χ4v) is 5.99. The Hall–Kier alpha value is -3.53. The quantitative estimate of drug-likeness (QED) is 0.353. The van der Waals surface area contributed by atoms with Gasteiger partial charge in [-0.25, -0.2) is 22.2 Å². The van der Waals surface area contributed by atoms with E-state index in [1.54, 1.807) is 19.1 Å². The van der Waals surface area contributed by atoms with Gasteiger partial charge in [0, 0.05) is 29.6 Å². The monoisotopic (exact) mass is 557 g/mol. The van der Waals surface area contributed by atoms with E-state index >= 15 is 4.39 Å². The highest BCUT2D eigenvalue weighted by molar-refractivity contribution is 7.90. The normalized spacial score (nSPS) is 19.6. The molecule has 2 atom stereocenters. The van der Waals surface area contributed by atoms with Gasteiger partial charge in [0.2, 0.25) is 5.88 Å². The van der Waals surface area contributed by atoms with Crippen LogP contribution in [0.5, 0.6) is 11.6 Å². The zero-order chi connectivity index (χ0) is 27.9. The Kier molecular flexibility index (Phi) is 7.09. The summed E-state index contributed by atoms with van der Waals surface area (Å²) in [6.45, 7) is 1.61. The van der Waals surface area contributed by atoms with E-state index in [0.717, 1.165) is 17.4 Å². The fraction of sp³-hybridized carbons (Fsp3) is 0.379. The molecule has 0 aliphatic heterocycles.